The first-order valence-electron chi connectivity index (χ1n) is 6.83. The lowest BCUT2D eigenvalue weighted by atomic mass is 10.2. The molecule has 0 aliphatic carbocycles. The molecule has 0 bridgehead atoms. The first-order chi connectivity index (χ1) is 9.65. The third kappa shape index (κ3) is 4.19. The van der Waals surface area contributed by atoms with Gasteiger partial charge >= 0.3 is 0 Å². The smallest absolute Gasteiger partial charge is 0.124 e. The highest BCUT2D eigenvalue weighted by Gasteiger charge is 2.00. The molecule has 0 saturated heterocycles. The summed E-state index contributed by atoms with van der Waals surface area (Å²) in [5.74, 6) is 1.76. The molecule has 0 radical (unpaired) electrons. The second-order valence-electron chi connectivity index (χ2n) is 4.89. The van der Waals surface area contributed by atoms with Crippen molar-refractivity contribution in [3.8, 4) is 11.5 Å². The SMILES string of the molecule is Cc1cccc(OCCCOc2cc(N)ccc2C)c1. The van der Waals surface area contributed by atoms with E-state index in [0.717, 1.165) is 29.2 Å². The van der Waals surface area contributed by atoms with E-state index in [2.05, 4.69) is 13.0 Å². The average Bonchev–Trinajstić information content (AvgIpc) is 2.42. The van der Waals surface area contributed by atoms with Crippen molar-refractivity contribution in [2.45, 2.75) is 20.3 Å². The maximum atomic E-state index is 5.74. The van der Waals surface area contributed by atoms with Crippen molar-refractivity contribution < 1.29 is 9.47 Å². The van der Waals surface area contributed by atoms with Crippen LogP contribution in [0.4, 0.5) is 5.69 Å². The van der Waals surface area contributed by atoms with Gasteiger partial charge in [0.25, 0.3) is 0 Å². The lowest BCUT2D eigenvalue weighted by molar-refractivity contribution is 0.246. The maximum Gasteiger partial charge on any atom is 0.124 e. The molecule has 0 heterocycles. The maximum absolute atomic E-state index is 5.74. The summed E-state index contributed by atoms with van der Waals surface area (Å²) in [6.07, 6.45) is 0.835. The Morgan fingerprint density at radius 3 is 2.55 bits per heavy atom. The average molecular weight is 271 g/mol. The summed E-state index contributed by atoms with van der Waals surface area (Å²) in [7, 11) is 0. The second kappa shape index (κ2) is 6.85. The van der Waals surface area contributed by atoms with E-state index in [0.29, 0.717) is 13.2 Å². The van der Waals surface area contributed by atoms with Crippen molar-refractivity contribution in [2.24, 2.45) is 0 Å². The van der Waals surface area contributed by atoms with Gasteiger partial charge in [-0.15, -0.1) is 0 Å². The fraction of sp³-hybridized carbons (Fsp3) is 0.294. The minimum absolute atomic E-state index is 0.621. The number of rotatable bonds is 6. The van der Waals surface area contributed by atoms with Crippen molar-refractivity contribution in [1.82, 2.24) is 0 Å². The Morgan fingerprint density at radius 2 is 1.75 bits per heavy atom. The summed E-state index contributed by atoms with van der Waals surface area (Å²) in [4.78, 5) is 0. The lowest BCUT2D eigenvalue weighted by Gasteiger charge is -2.10. The molecule has 3 nitrogen and oxygen atoms in total. The molecule has 2 rings (SSSR count). The van der Waals surface area contributed by atoms with E-state index in [1.807, 2.05) is 43.3 Å². The van der Waals surface area contributed by atoms with E-state index in [1.165, 1.54) is 5.56 Å². The fourth-order valence-electron chi connectivity index (χ4n) is 1.91. The molecule has 0 saturated carbocycles. The highest BCUT2D eigenvalue weighted by molar-refractivity contribution is 5.47. The minimum atomic E-state index is 0.621. The normalized spacial score (nSPS) is 10.3. The van der Waals surface area contributed by atoms with Crippen LogP contribution in [-0.2, 0) is 0 Å². The molecule has 106 valence electrons. The molecule has 3 heteroatoms. The number of nitrogen functional groups attached to an aromatic ring is 1. The van der Waals surface area contributed by atoms with Gasteiger partial charge in [-0.3, -0.25) is 0 Å². The van der Waals surface area contributed by atoms with Gasteiger partial charge in [0.15, 0.2) is 0 Å². The lowest BCUT2D eigenvalue weighted by Crippen LogP contribution is -2.06. The number of anilines is 1. The standard InChI is InChI=1S/C17H21NO2/c1-13-5-3-6-16(11-13)19-9-4-10-20-17-12-15(18)8-7-14(17)2/h3,5-8,11-12H,4,9-10,18H2,1-2H3. The van der Waals surface area contributed by atoms with Crippen molar-refractivity contribution in [3.63, 3.8) is 0 Å². The Kier molecular flexibility index (Phi) is 4.88. The van der Waals surface area contributed by atoms with Crippen LogP contribution in [0.25, 0.3) is 0 Å². The zero-order valence-corrected chi connectivity index (χ0v) is 12.1. The van der Waals surface area contributed by atoms with Crippen LogP contribution in [0.3, 0.4) is 0 Å². The molecular weight excluding hydrogens is 250 g/mol. The van der Waals surface area contributed by atoms with Gasteiger partial charge in [-0.05, 0) is 43.2 Å². The molecule has 0 amide bonds. The third-order valence-corrected chi connectivity index (χ3v) is 3.02. The number of hydrogen-bond acceptors (Lipinski definition) is 3. The van der Waals surface area contributed by atoms with Gasteiger partial charge in [-0.25, -0.2) is 0 Å². The summed E-state index contributed by atoms with van der Waals surface area (Å²) < 4.78 is 11.4. The van der Waals surface area contributed by atoms with Crippen molar-refractivity contribution >= 4 is 5.69 Å². The Balaban J connectivity index is 1.73. The van der Waals surface area contributed by atoms with E-state index >= 15 is 0 Å². The van der Waals surface area contributed by atoms with Gasteiger partial charge < -0.3 is 15.2 Å². The number of ether oxygens (including phenoxy) is 2. The molecule has 0 atom stereocenters. The molecule has 0 unspecified atom stereocenters. The van der Waals surface area contributed by atoms with Gasteiger partial charge in [0, 0.05) is 18.2 Å². The minimum Gasteiger partial charge on any atom is -0.493 e. The molecular formula is C17H21NO2. The first-order valence-corrected chi connectivity index (χ1v) is 6.83. The van der Waals surface area contributed by atoms with E-state index in [-0.39, 0.29) is 0 Å². The number of hydrogen-bond donors (Lipinski definition) is 1. The van der Waals surface area contributed by atoms with Gasteiger partial charge in [0.05, 0.1) is 13.2 Å². The highest BCUT2D eigenvalue weighted by atomic mass is 16.5. The fourth-order valence-corrected chi connectivity index (χ4v) is 1.91. The van der Waals surface area contributed by atoms with E-state index in [1.54, 1.807) is 0 Å². The van der Waals surface area contributed by atoms with Crippen molar-refractivity contribution in [3.05, 3.63) is 53.6 Å². The van der Waals surface area contributed by atoms with Crippen molar-refractivity contribution in [2.75, 3.05) is 18.9 Å². The van der Waals surface area contributed by atoms with E-state index in [9.17, 15) is 0 Å². The topological polar surface area (TPSA) is 44.5 Å². The Bertz CT molecular complexity index is 567. The van der Waals surface area contributed by atoms with Crippen LogP contribution in [0.2, 0.25) is 0 Å². The molecule has 2 aromatic carbocycles. The summed E-state index contributed by atoms with van der Waals surface area (Å²) in [5, 5.41) is 0. The molecule has 0 fully saturated rings. The Hall–Kier alpha value is -2.16. The predicted octanol–water partition coefficient (Wildman–Crippen LogP) is 3.73. The van der Waals surface area contributed by atoms with Gasteiger partial charge in [-0.1, -0.05) is 18.2 Å². The number of aryl methyl sites for hydroxylation is 2. The van der Waals surface area contributed by atoms with E-state index < -0.39 is 0 Å². The number of nitrogens with two attached hydrogens (primary N) is 1. The van der Waals surface area contributed by atoms with Crippen LogP contribution in [-0.4, -0.2) is 13.2 Å². The van der Waals surface area contributed by atoms with E-state index in [4.69, 9.17) is 15.2 Å². The highest BCUT2D eigenvalue weighted by Crippen LogP contribution is 2.20. The largest absolute Gasteiger partial charge is 0.493 e. The molecule has 2 aromatic rings. The quantitative estimate of drug-likeness (QED) is 0.643. The van der Waals surface area contributed by atoms with Crippen molar-refractivity contribution in [1.29, 1.82) is 0 Å². The van der Waals surface area contributed by atoms with Crippen LogP contribution in [0.15, 0.2) is 42.5 Å². The van der Waals surface area contributed by atoms with Crippen LogP contribution in [0.1, 0.15) is 17.5 Å². The zero-order valence-electron chi connectivity index (χ0n) is 12.1. The number of benzene rings is 2. The molecule has 20 heavy (non-hydrogen) atoms. The molecule has 0 spiro atoms. The zero-order chi connectivity index (χ0) is 14.4. The molecule has 0 aliphatic rings. The van der Waals surface area contributed by atoms with Crippen LogP contribution in [0.5, 0.6) is 11.5 Å². The molecule has 0 aliphatic heterocycles. The summed E-state index contributed by atoms with van der Waals surface area (Å²) in [6, 6.07) is 13.8. The summed E-state index contributed by atoms with van der Waals surface area (Å²) in [5.41, 5.74) is 8.77. The summed E-state index contributed by atoms with van der Waals surface area (Å²) >= 11 is 0. The van der Waals surface area contributed by atoms with Crippen LogP contribution >= 0.6 is 0 Å². The van der Waals surface area contributed by atoms with Gasteiger partial charge in [0.2, 0.25) is 0 Å². The Morgan fingerprint density at radius 1 is 0.950 bits per heavy atom. The van der Waals surface area contributed by atoms with Crippen LogP contribution in [0, 0.1) is 13.8 Å². The monoisotopic (exact) mass is 271 g/mol. The van der Waals surface area contributed by atoms with Crippen LogP contribution < -0.4 is 15.2 Å². The van der Waals surface area contributed by atoms with Gasteiger partial charge in [0.1, 0.15) is 11.5 Å². The first kappa shape index (κ1) is 14.3. The molecule has 0 aromatic heterocycles. The molecule has 2 N–H and O–H groups in total. The van der Waals surface area contributed by atoms with Gasteiger partial charge in [-0.2, -0.15) is 0 Å². The second-order valence-corrected chi connectivity index (χ2v) is 4.89. The predicted molar refractivity (Wildman–Crippen MR) is 82.4 cm³/mol. The Labute approximate surface area is 120 Å². The third-order valence-electron chi connectivity index (χ3n) is 3.02. The summed E-state index contributed by atoms with van der Waals surface area (Å²) in [6.45, 7) is 5.33.